The lowest BCUT2D eigenvalue weighted by atomic mass is 10.2. The molecule has 2 aromatic rings. The Bertz CT molecular complexity index is 858. The first-order valence-electron chi connectivity index (χ1n) is 7.20. The van der Waals surface area contributed by atoms with E-state index in [0.29, 0.717) is 28.3 Å². The molecule has 1 N–H and O–H groups in total. The Morgan fingerprint density at radius 3 is 2.64 bits per heavy atom. The van der Waals surface area contributed by atoms with Gasteiger partial charge in [0, 0.05) is 23.9 Å². The second kappa shape index (κ2) is 7.79. The van der Waals surface area contributed by atoms with E-state index in [4.69, 9.17) is 14.7 Å². The molecule has 0 aliphatic heterocycles. The maximum Gasteiger partial charge on any atom is 0.269 e. The number of nitrogens with one attached hydrogen (secondary N) is 1. The number of hydrogen-bond acceptors (Lipinski definition) is 6. The van der Waals surface area contributed by atoms with Gasteiger partial charge in [-0.15, -0.1) is 0 Å². The van der Waals surface area contributed by atoms with Gasteiger partial charge in [0.1, 0.15) is 0 Å². The van der Waals surface area contributed by atoms with Crippen LogP contribution in [0.1, 0.15) is 11.1 Å². The van der Waals surface area contributed by atoms with E-state index in [1.54, 1.807) is 19.1 Å². The van der Waals surface area contributed by atoms with Crippen LogP contribution in [0.4, 0.5) is 11.4 Å². The van der Waals surface area contributed by atoms with E-state index < -0.39 is 10.8 Å². The van der Waals surface area contributed by atoms with Crippen molar-refractivity contribution in [2.24, 2.45) is 0 Å². The van der Waals surface area contributed by atoms with Crippen LogP contribution in [0.25, 0.3) is 0 Å². The van der Waals surface area contributed by atoms with Crippen molar-refractivity contribution < 1.29 is 19.2 Å². The summed E-state index contributed by atoms with van der Waals surface area (Å²) < 4.78 is 10.5. The standard InChI is InChI=1S/C17H15N3O5/c1-11-7-13(20(22)23)4-5-14(11)19-17(21)10-25-15-6-3-12(9-18)8-16(15)24-2/h3-8H,10H2,1-2H3,(H,19,21). The molecule has 0 atom stereocenters. The Labute approximate surface area is 143 Å². The average molecular weight is 341 g/mol. The first kappa shape index (κ1) is 17.7. The molecule has 0 fully saturated rings. The second-order valence-electron chi connectivity index (χ2n) is 5.07. The minimum atomic E-state index is -0.501. The Morgan fingerprint density at radius 1 is 1.28 bits per heavy atom. The van der Waals surface area contributed by atoms with Gasteiger partial charge in [-0.1, -0.05) is 0 Å². The number of amides is 1. The predicted molar refractivity (Wildman–Crippen MR) is 89.7 cm³/mol. The summed E-state index contributed by atoms with van der Waals surface area (Å²) in [5, 5.41) is 22.2. The maximum absolute atomic E-state index is 12.0. The van der Waals surface area contributed by atoms with Gasteiger partial charge in [-0.2, -0.15) is 5.26 Å². The summed E-state index contributed by atoms with van der Waals surface area (Å²) in [5.74, 6) is 0.249. The summed E-state index contributed by atoms with van der Waals surface area (Å²) in [4.78, 5) is 22.2. The molecule has 0 spiro atoms. The molecule has 0 saturated heterocycles. The van der Waals surface area contributed by atoms with Crippen molar-refractivity contribution >= 4 is 17.3 Å². The number of nitriles is 1. The molecule has 8 heteroatoms. The highest BCUT2D eigenvalue weighted by molar-refractivity contribution is 5.92. The lowest BCUT2D eigenvalue weighted by Gasteiger charge is -2.12. The number of benzene rings is 2. The van der Waals surface area contributed by atoms with Gasteiger partial charge < -0.3 is 14.8 Å². The van der Waals surface area contributed by atoms with Crippen molar-refractivity contribution in [3.8, 4) is 17.6 Å². The Morgan fingerprint density at radius 2 is 2.04 bits per heavy atom. The van der Waals surface area contributed by atoms with Crippen LogP contribution in [0.2, 0.25) is 0 Å². The summed E-state index contributed by atoms with van der Waals surface area (Å²) in [5.41, 5.74) is 1.40. The molecule has 0 aliphatic rings. The smallest absolute Gasteiger partial charge is 0.269 e. The van der Waals surface area contributed by atoms with Crippen LogP contribution in [0.3, 0.4) is 0 Å². The minimum absolute atomic E-state index is 0.0472. The van der Waals surface area contributed by atoms with E-state index in [-0.39, 0.29) is 12.3 Å². The molecule has 0 unspecified atom stereocenters. The van der Waals surface area contributed by atoms with E-state index >= 15 is 0 Å². The SMILES string of the molecule is COc1cc(C#N)ccc1OCC(=O)Nc1ccc([N+](=O)[O-])cc1C. The van der Waals surface area contributed by atoms with Gasteiger partial charge in [-0.3, -0.25) is 14.9 Å². The van der Waals surface area contributed by atoms with Crippen molar-refractivity contribution in [3.05, 3.63) is 57.6 Å². The highest BCUT2D eigenvalue weighted by atomic mass is 16.6. The summed E-state index contributed by atoms with van der Waals surface area (Å²) in [6, 6.07) is 10.7. The van der Waals surface area contributed by atoms with Crippen molar-refractivity contribution in [2.75, 3.05) is 19.0 Å². The predicted octanol–water partition coefficient (Wildman–Crippen LogP) is 2.80. The van der Waals surface area contributed by atoms with Gasteiger partial charge in [0.2, 0.25) is 0 Å². The third-order valence-electron chi connectivity index (χ3n) is 3.35. The molecule has 0 heterocycles. The van der Waals surface area contributed by atoms with Crippen LogP contribution in [0, 0.1) is 28.4 Å². The summed E-state index contributed by atoms with van der Waals surface area (Å²) in [6.07, 6.45) is 0. The highest BCUT2D eigenvalue weighted by Crippen LogP contribution is 2.28. The Hall–Kier alpha value is -3.60. The fourth-order valence-corrected chi connectivity index (χ4v) is 2.09. The van der Waals surface area contributed by atoms with E-state index in [1.165, 1.54) is 31.4 Å². The van der Waals surface area contributed by atoms with Crippen molar-refractivity contribution in [1.82, 2.24) is 0 Å². The Balaban J connectivity index is 2.02. The number of nitro benzene ring substituents is 1. The number of rotatable bonds is 6. The molecule has 25 heavy (non-hydrogen) atoms. The molecule has 0 radical (unpaired) electrons. The first-order valence-corrected chi connectivity index (χ1v) is 7.20. The van der Waals surface area contributed by atoms with Gasteiger partial charge in [0.25, 0.3) is 11.6 Å². The highest BCUT2D eigenvalue weighted by Gasteiger charge is 2.12. The lowest BCUT2D eigenvalue weighted by molar-refractivity contribution is -0.384. The average Bonchev–Trinajstić information content (AvgIpc) is 2.61. The third kappa shape index (κ3) is 4.45. The molecule has 0 saturated carbocycles. The van der Waals surface area contributed by atoms with Gasteiger partial charge in [-0.25, -0.2) is 0 Å². The Kier molecular flexibility index (Phi) is 5.53. The molecule has 0 aromatic heterocycles. The summed E-state index contributed by atoms with van der Waals surface area (Å²) in [7, 11) is 1.43. The van der Waals surface area contributed by atoms with E-state index in [2.05, 4.69) is 5.32 Å². The summed E-state index contributed by atoms with van der Waals surface area (Å²) in [6.45, 7) is 1.38. The van der Waals surface area contributed by atoms with Crippen LogP contribution >= 0.6 is 0 Å². The number of non-ortho nitro benzene ring substituents is 1. The molecule has 2 rings (SSSR count). The number of ether oxygens (including phenoxy) is 2. The number of carbonyl (C=O) groups excluding carboxylic acids is 1. The van der Waals surface area contributed by atoms with Crippen molar-refractivity contribution in [3.63, 3.8) is 0 Å². The number of carbonyl (C=O) groups is 1. The quantitative estimate of drug-likeness (QED) is 0.638. The number of nitro groups is 1. The number of aryl methyl sites for hydroxylation is 1. The second-order valence-corrected chi connectivity index (χ2v) is 5.07. The van der Waals surface area contributed by atoms with Crippen LogP contribution < -0.4 is 14.8 Å². The number of anilines is 1. The molecule has 0 bridgehead atoms. The maximum atomic E-state index is 12.0. The number of nitrogens with zero attached hydrogens (tertiary/aromatic N) is 2. The molecule has 128 valence electrons. The number of methoxy groups -OCH3 is 1. The molecule has 0 aliphatic carbocycles. The summed E-state index contributed by atoms with van der Waals surface area (Å²) >= 11 is 0. The zero-order valence-electron chi connectivity index (χ0n) is 13.6. The van der Waals surface area contributed by atoms with Crippen LogP contribution in [-0.2, 0) is 4.79 Å². The molecule has 8 nitrogen and oxygen atoms in total. The van der Waals surface area contributed by atoms with Crippen LogP contribution in [0.15, 0.2) is 36.4 Å². The zero-order chi connectivity index (χ0) is 18.4. The fraction of sp³-hybridized carbons (Fsp3) is 0.176. The molecular weight excluding hydrogens is 326 g/mol. The van der Waals surface area contributed by atoms with Gasteiger partial charge >= 0.3 is 0 Å². The largest absolute Gasteiger partial charge is 0.493 e. The monoisotopic (exact) mass is 341 g/mol. The van der Waals surface area contributed by atoms with E-state index in [0.717, 1.165) is 0 Å². The fourth-order valence-electron chi connectivity index (χ4n) is 2.09. The van der Waals surface area contributed by atoms with Gasteiger partial charge in [0.15, 0.2) is 18.1 Å². The molecule has 2 aromatic carbocycles. The zero-order valence-corrected chi connectivity index (χ0v) is 13.6. The van der Waals surface area contributed by atoms with Crippen LogP contribution in [-0.4, -0.2) is 24.5 Å². The van der Waals surface area contributed by atoms with Crippen molar-refractivity contribution in [1.29, 1.82) is 5.26 Å². The van der Waals surface area contributed by atoms with E-state index in [1.807, 2.05) is 6.07 Å². The normalized spacial score (nSPS) is 9.80. The van der Waals surface area contributed by atoms with Crippen LogP contribution in [0.5, 0.6) is 11.5 Å². The van der Waals surface area contributed by atoms with Gasteiger partial charge in [-0.05, 0) is 30.7 Å². The van der Waals surface area contributed by atoms with Crippen molar-refractivity contribution in [2.45, 2.75) is 6.92 Å². The topological polar surface area (TPSA) is 114 Å². The van der Waals surface area contributed by atoms with Gasteiger partial charge in [0.05, 0.1) is 23.7 Å². The molecular formula is C17H15N3O5. The lowest BCUT2D eigenvalue weighted by Crippen LogP contribution is -2.20. The first-order chi connectivity index (χ1) is 11.9. The minimum Gasteiger partial charge on any atom is -0.493 e. The third-order valence-corrected chi connectivity index (χ3v) is 3.35. The molecule has 1 amide bonds. The van der Waals surface area contributed by atoms with E-state index in [9.17, 15) is 14.9 Å². The number of hydrogen-bond donors (Lipinski definition) is 1.